The van der Waals surface area contributed by atoms with Gasteiger partial charge in [0.05, 0.1) is 24.5 Å². The number of hydrogen-bond donors (Lipinski definition) is 2. The Morgan fingerprint density at radius 2 is 2.25 bits per heavy atom. The Hall–Kier alpha value is -2.68. The number of benzene rings is 1. The van der Waals surface area contributed by atoms with Gasteiger partial charge in [0.1, 0.15) is 0 Å². The summed E-state index contributed by atoms with van der Waals surface area (Å²) < 4.78 is 4.90. The number of piperidine rings is 1. The summed E-state index contributed by atoms with van der Waals surface area (Å²) in [7, 11) is 1.33. The molecule has 9 heteroatoms. The highest BCUT2D eigenvalue weighted by Crippen LogP contribution is 2.29. The number of hydrogen-bond acceptors (Lipinski definition) is 6. The van der Waals surface area contributed by atoms with Gasteiger partial charge < -0.3 is 15.2 Å². The first-order valence-electron chi connectivity index (χ1n) is 7.48. The van der Waals surface area contributed by atoms with Gasteiger partial charge in [-0.3, -0.25) is 24.6 Å². The minimum absolute atomic E-state index is 0.0452. The van der Waals surface area contributed by atoms with Crippen LogP contribution in [0.2, 0.25) is 0 Å². The molecule has 1 aliphatic heterocycles. The van der Waals surface area contributed by atoms with Gasteiger partial charge in [-0.1, -0.05) is 0 Å². The maximum Gasteiger partial charge on any atom is 0.312 e. The molecule has 0 radical (unpaired) electrons. The molecule has 1 saturated heterocycles. The summed E-state index contributed by atoms with van der Waals surface area (Å²) in [6.07, 6.45) is 1.33. The smallest absolute Gasteiger partial charge is 0.312 e. The van der Waals surface area contributed by atoms with E-state index >= 15 is 0 Å². The number of carbonyl (C=O) groups excluding carboxylic acids is 1. The van der Waals surface area contributed by atoms with E-state index < -0.39 is 16.8 Å². The van der Waals surface area contributed by atoms with Crippen molar-refractivity contribution < 1.29 is 24.4 Å². The van der Waals surface area contributed by atoms with Crippen molar-refractivity contribution in [3.05, 3.63) is 28.3 Å². The number of aliphatic carboxylic acids is 1. The van der Waals surface area contributed by atoms with Crippen molar-refractivity contribution in [3.63, 3.8) is 0 Å². The number of ether oxygens (including phenoxy) is 1. The van der Waals surface area contributed by atoms with E-state index in [1.165, 1.54) is 25.3 Å². The molecule has 1 unspecified atom stereocenters. The Morgan fingerprint density at radius 1 is 1.50 bits per heavy atom. The first-order chi connectivity index (χ1) is 11.4. The zero-order valence-corrected chi connectivity index (χ0v) is 13.2. The number of carbonyl (C=O) groups is 2. The number of nitrogens with one attached hydrogen (secondary N) is 1. The van der Waals surface area contributed by atoms with E-state index in [1.807, 2.05) is 0 Å². The van der Waals surface area contributed by atoms with Crippen molar-refractivity contribution in [3.8, 4) is 5.75 Å². The van der Waals surface area contributed by atoms with Crippen molar-refractivity contribution in [1.29, 1.82) is 0 Å². The number of anilines is 1. The average molecular weight is 337 g/mol. The molecule has 0 aromatic heterocycles. The topological polar surface area (TPSA) is 122 Å². The van der Waals surface area contributed by atoms with Crippen LogP contribution in [0.25, 0.3) is 0 Å². The number of likely N-dealkylation sites (tertiary alicyclic amines) is 1. The molecule has 9 nitrogen and oxygen atoms in total. The lowest BCUT2D eigenvalue weighted by molar-refractivity contribution is -0.385. The lowest BCUT2D eigenvalue weighted by atomic mass is 9.98. The third kappa shape index (κ3) is 4.42. The van der Waals surface area contributed by atoms with Crippen LogP contribution in [0.5, 0.6) is 5.75 Å². The molecule has 0 bridgehead atoms. The molecular weight excluding hydrogens is 318 g/mol. The van der Waals surface area contributed by atoms with Gasteiger partial charge in [-0.05, 0) is 31.5 Å². The minimum Gasteiger partial charge on any atom is -0.490 e. The van der Waals surface area contributed by atoms with E-state index in [0.29, 0.717) is 25.2 Å². The number of rotatable bonds is 6. The molecule has 1 heterocycles. The molecule has 1 aromatic carbocycles. The molecule has 0 spiro atoms. The third-order valence-corrected chi connectivity index (χ3v) is 3.88. The zero-order chi connectivity index (χ0) is 17.7. The van der Waals surface area contributed by atoms with Crippen LogP contribution in [0.4, 0.5) is 11.4 Å². The highest BCUT2D eigenvalue weighted by molar-refractivity contribution is 5.92. The predicted octanol–water partition coefficient (Wildman–Crippen LogP) is 1.34. The molecule has 1 atom stereocenters. The molecular formula is C15H19N3O6. The van der Waals surface area contributed by atoms with Crippen LogP contribution < -0.4 is 10.1 Å². The number of carboxylic acids is 1. The Bertz CT molecular complexity index is 648. The van der Waals surface area contributed by atoms with Gasteiger partial charge in [0.2, 0.25) is 5.91 Å². The van der Waals surface area contributed by atoms with Crippen molar-refractivity contribution >= 4 is 23.3 Å². The predicted molar refractivity (Wildman–Crippen MR) is 85.1 cm³/mol. The van der Waals surface area contributed by atoms with E-state index in [2.05, 4.69) is 5.32 Å². The van der Waals surface area contributed by atoms with Crippen molar-refractivity contribution in [2.75, 3.05) is 32.1 Å². The second-order valence-electron chi connectivity index (χ2n) is 5.60. The number of amides is 1. The number of nitro groups is 1. The monoisotopic (exact) mass is 337 g/mol. The fourth-order valence-electron chi connectivity index (χ4n) is 2.71. The van der Waals surface area contributed by atoms with Crippen LogP contribution in [0.15, 0.2) is 18.2 Å². The first kappa shape index (κ1) is 17.7. The van der Waals surface area contributed by atoms with E-state index in [1.54, 1.807) is 4.90 Å². The molecule has 1 aromatic rings. The summed E-state index contributed by atoms with van der Waals surface area (Å²) in [4.78, 5) is 35.3. The molecule has 0 aliphatic carbocycles. The minimum atomic E-state index is -0.856. The fourth-order valence-corrected chi connectivity index (χ4v) is 2.71. The largest absolute Gasteiger partial charge is 0.490 e. The third-order valence-electron chi connectivity index (χ3n) is 3.88. The molecule has 1 amide bonds. The van der Waals surface area contributed by atoms with E-state index in [9.17, 15) is 19.7 Å². The van der Waals surface area contributed by atoms with E-state index in [-0.39, 0.29) is 23.9 Å². The maximum atomic E-state index is 12.1. The van der Waals surface area contributed by atoms with Crippen LogP contribution in [0.1, 0.15) is 12.8 Å². The first-order valence-corrected chi connectivity index (χ1v) is 7.48. The van der Waals surface area contributed by atoms with Crippen molar-refractivity contribution in [1.82, 2.24) is 4.90 Å². The number of nitrogens with zero attached hydrogens (tertiary/aromatic N) is 2. The zero-order valence-electron chi connectivity index (χ0n) is 13.2. The highest BCUT2D eigenvalue weighted by atomic mass is 16.6. The normalized spacial score (nSPS) is 18.0. The van der Waals surface area contributed by atoms with Gasteiger partial charge in [-0.25, -0.2) is 0 Å². The lowest BCUT2D eigenvalue weighted by Gasteiger charge is -2.29. The van der Waals surface area contributed by atoms with Crippen LogP contribution in [0.3, 0.4) is 0 Å². The van der Waals surface area contributed by atoms with Gasteiger partial charge in [0.15, 0.2) is 5.75 Å². The maximum absolute atomic E-state index is 12.1. The van der Waals surface area contributed by atoms with Crippen molar-refractivity contribution in [2.24, 2.45) is 5.92 Å². The van der Waals surface area contributed by atoms with Gasteiger partial charge in [0.25, 0.3) is 0 Å². The van der Waals surface area contributed by atoms with Gasteiger partial charge in [-0.2, -0.15) is 0 Å². The quantitative estimate of drug-likeness (QED) is 0.593. The molecule has 2 N–H and O–H groups in total. The van der Waals surface area contributed by atoms with Crippen LogP contribution in [0, 0.1) is 16.0 Å². The summed E-state index contributed by atoms with van der Waals surface area (Å²) in [6.45, 7) is 1.02. The number of nitro benzene ring substituents is 1. The SMILES string of the molecule is COc1ccc(NC(=O)CN2CCCC(C(=O)O)C2)cc1[N+](=O)[O-]. The van der Waals surface area contributed by atoms with Gasteiger partial charge in [-0.15, -0.1) is 0 Å². The Morgan fingerprint density at radius 3 is 2.88 bits per heavy atom. The highest BCUT2D eigenvalue weighted by Gasteiger charge is 2.26. The fraction of sp³-hybridized carbons (Fsp3) is 0.467. The van der Waals surface area contributed by atoms with Crippen molar-refractivity contribution in [2.45, 2.75) is 12.8 Å². The summed E-state index contributed by atoms with van der Waals surface area (Å²) in [5.74, 6) is -1.56. The summed E-state index contributed by atoms with van der Waals surface area (Å²) in [5, 5.41) is 22.6. The van der Waals surface area contributed by atoms with Crippen LogP contribution >= 0.6 is 0 Å². The average Bonchev–Trinajstić information content (AvgIpc) is 2.54. The lowest BCUT2D eigenvalue weighted by Crippen LogP contribution is -2.42. The number of carboxylic acid groups (broad SMARTS) is 1. The summed E-state index contributed by atoms with van der Waals surface area (Å²) in [5.41, 5.74) is 0.0542. The standard InChI is InChI=1S/C15H19N3O6/c1-24-13-5-4-11(7-12(13)18(22)23)16-14(19)9-17-6-2-3-10(8-17)15(20)21/h4-5,7,10H,2-3,6,8-9H2,1H3,(H,16,19)(H,20,21). The molecule has 24 heavy (non-hydrogen) atoms. The molecule has 0 saturated carbocycles. The van der Waals surface area contributed by atoms with Crippen LogP contribution in [-0.2, 0) is 9.59 Å². The second-order valence-corrected chi connectivity index (χ2v) is 5.60. The Labute approximate surface area is 138 Å². The summed E-state index contributed by atoms with van der Waals surface area (Å²) in [6, 6.07) is 4.15. The molecule has 2 rings (SSSR count). The molecule has 130 valence electrons. The van der Waals surface area contributed by atoms with Gasteiger partial charge in [0, 0.05) is 18.3 Å². The van der Waals surface area contributed by atoms with E-state index in [4.69, 9.17) is 9.84 Å². The van der Waals surface area contributed by atoms with Crippen LogP contribution in [-0.4, -0.2) is 53.6 Å². The molecule has 1 aliphatic rings. The van der Waals surface area contributed by atoms with Gasteiger partial charge >= 0.3 is 11.7 Å². The number of methoxy groups -OCH3 is 1. The summed E-state index contributed by atoms with van der Waals surface area (Å²) >= 11 is 0. The molecule has 1 fully saturated rings. The van der Waals surface area contributed by atoms with E-state index in [0.717, 1.165) is 6.42 Å². The Kier molecular flexibility index (Phi) is 5.69. The second kappa shape index (κ2) is 7.73. The Balaban J connectivity index is 1.98.